The quantitative estimate of drug-likeness (QED) is 0.687. The number of fused-ring (bicyclic) bond motifs is 1. The van der Waals surface area contributed by atoms with Crippen LogP contribution in [0.2, 0.25) is 0 Å². The molecule has 1 atom stereocenters. The summed E-state index contributed by atoms with van der Waals surface area (Å²) in [6.07, 6.45) is 2.81. The van der Waals surface area contributed by atoms with Gasteiger partial charge in [0.25, 0.3) is 0 Å². The number of aromatic nitrogens is 1. The third-order valence-corrected chi connectivity index (χ3v) is 6.76. The molecule has 0 aliphatic carbocycles. The third-order valence-electron chi connectivity index (χ3n) is 4.46. The minimum Gasteiger partial charge on any atom is -0.494 e. The van der Waals surface area contributed by atoms with Gasteiger partial charge in [-0.15, -0.1) is 0 Å². The van der Waals surface area contributed by atoms with Crippen LogP contribution in [0.4, 0.5) is 5.13 Å². The molecule has 1 fully saturated rings. The number of hydrogen-bond donors (Lipinski definition) is 0. The van der Waals surface area contributed by atoms with Crippen LogP contribution in [0.25, 0.3) is 10.2 Å². The average Bonchev–Trinajstić information content (AvgIpc) is 3.27. The number of hydrogen-bond acceptors (Lipinski definition) is 7. The van der Waals surface area contributed by atoms with Crippen LogP contribution in [0, 0.1) is 0 Å². The van der Waals surface area contributed by atoms with E-state index < -0.39 is 10.0 Å². The number of benzene rings is 1. The van der Waals surface area contributed by atoms with Gasteiger partial charge < -0.3 is 9.47 Å². The molecule has 1 unspecified atom stereocenters. The summed E-state index contributed by atoms with van der Waals surface area (Å²) in [5.41, 5.74) is 0.682. The summed E-state index contributed by atoms with van der Waals surface area (Å²) in [5.74, 6) is 0.296. The molecule has 148 valence electrons. The van der Waals surface area contributed by atoms with Crippen molar-refractivity contribution in [1.82, 2.24) is 9.29 Å². The van der Waals surface area contributed by atoms with Gasteiger partial charge in [0, 0.05) is 13.7 Å². The molecule has 2 heterocycles. The van der Waals surface area contributed by atoms with Crippen molar-refractivity contribution < 1.29 is 22.7 Å². The number of rotatable bonds is 7. The number of thiazole rings is 1. The van der Waals surface area contributed by atoms with Crippen LogP contribution < -0.4 is 9.64 Å². The summed E-state index contributed by atoms with van der Waals surface area (Å²) in [6.45, 7) is 0.765. The Morgan fingerprint density at radius 2 is 2.22 bits per heavy atom. The van der Waals surface area contributed by atoms with E-state index in [0.717, 1.165) is 28.1 Å². The summed E-state index contributed by atoms with van der Waals surface area (Å²) in [5, 5.41) is 0.511. The molecule has 1 saturated heterocycles. The Morgan fingerprint density at radius 3 is 2.85 bits per heavy atom. The number of likely N-dealkylation sites (N-methyl/N-ethyl adjacent to an activating group) is 1. The third kappa shape index (κ3) is 4.57. The van der Waals surface area contributed by atoms with E-state index in [2.05, 4.69) is 4.98 Å². The van der Waals surface area contributed by atoms with Gasteiger partial charge in [0.2, 0.25) is 15.9 Å². The van der Waals surface area contributed by atoms with Gasteiger partial charge in [-0.25, -0.2) is 13.4 Å². The van der Waals surface area contributed by atoms with Crippen LogP contribution in [0.15, 0.2) is 18.2 Å². The van der Waals surface area contributed by atoms with Gasteiger partial charge in [-0.2, -0.15) is 4.31 Å². The normalized spacial score (nSPS) is 17.6. The highest BCUT2D eigenvalue weighted by Gasteiger charge is 2.28. The van der Waals surface area contributed by atoms with Gasteiger partial charge in [0.05, 0.1) is 37.3 Å². The molecule has 1 aliphatic rings. The second-order valence-corrected chi connectivity index (χ2v) is 9.56. The SMILES string of the molecule is COc1cccc2sc(N(CC3CCCO3)C(=O)CN(C)S(C)(=O)=O)nc12. The topological polar surface area (TPSA) is 89.0 Å². The fraction of sp³-hybridized carbons (Fsp3) is 0.529. The summed E-state index contributed by atoms with van der Waals surface area (Å²) in [7, 11) is -0.497. The van der Waals surface area contributed by atoms with Crippen LogP contribution in [-0.4, -0.2) is 69.8 Å². The fourth-order valence-corrected chi connectivity index (χ4v) is 4.22. The van der Waals surface area contributed by atoms with Crippen molar-refractivity contribution in [3.05, 3.63) is 18.2 Å². The molecule has 1 aliphatic heterocycles. The highest BCUT2D eigenvalue weighted by atomic mass is 32.2. The molecule has 2 aromatic rings. The second-order valence-electron chi connectivity index (χ2n) is 6.46. The number of para-hydroxylation sites is 1. The van der Waals surface area contributed by atoms with Gasteiger partial charge >= 0.3 is 0 Å². The van der Waals surface area contributed by atoms with Gasteiger partial charge in [0.1, 0.15) is 11.3 Å². The van der Waals surface area contributed by atoms with Crippen LogP contribution in [0.5, 0.6) is 5.75 Å². The van der Waals surface area contributed by atoms with Crippen molar-refractivity contribution >= 4 is 42.6 Å². The minimum absolute atomic E-state index is 0.0774. The maximum Gasteiger partial charge on any atom is 0.244 e. The number of sulfonamides is 1. The molecule has 0 spiro atoms. The molecule has 0 saturated carbocycles. The molecule has 3 rings (SSSR count). The zero-order chi connectivity index (χ0) is 19.6. The molecular formula is C17H23N3O5S2. The highest BCUT2D eigenvalue weighted by molar-refractivity contribution is 7.88. The molecule has 10 heteroatoms. The van der Waals surface area contributed by atoms with Gasteiger partial charge in [-0.1, -0.05) is 17.4 Å². The van der Waals surface area contributed by atoms with Crippen LogP contribution >= 0.6 is 11.3 Å². The van der Waals surface area contributed by atoms with E-state index in [4.69, 9.17) is 9.47 Å². The van der Waals surface area contributed by atoms with E-state index in [9.17, 15) is 13.2 Å². The van der Waals surface area contributed by atoms with Crippen LogP contribution in [0.1, 0.15) is 12.8 Å². The number of carbonyl (C=O) groups is 1. The Morgan fingerprint density at radius 1 is 1.44 bits per heavy atom. The predicted octanol–water partition coefficient (Wildman–Crippen LogP) is 1.71. The van der Waals surface area contributed by atoms with E-state index in [0.29, 0.717) is 29.5 Å². The summed E-state index contributed by atoms with van der Waals surface area (Å²) in [6, 6.07) is 5.60. The van der Waals surface area contributed by atoms with Crippen molar-refractivity contribution in [2.45, 2.75) is 18.9 Å². The highest BCUT2D eigenvalue weighted by Crippen LogP contribution is 2.34. The number of methoxy groups -OCH3 is 1. The molecule has 0 N–H and O–H groups in total. The van der Waals surface area contributed by atoms with Crippen molar-refractivity contribution in [1.29, 1.82) is 0 Å². The molecule has 1 amide bonds. The maximum atomic E-state index is 12.9. The fourth-order valence-electron chi connectivity index (χ4n) is 2.86. The van der Waals surface area contributed by atoms with Crippen LogP contribution in [-0.2, 0) is 19.6 Å². The number of ether oxygens (including phenoxy) is 2. The van der Waals surface area contributed by atoms with E-state index in [1.807, 2.05) is 18.2 Å². The van der Waals surface area contributed by atoms with Crippen molar-refractivity contribution in [3.8, 4) is 5.75 Å². The number of nitrogens with zero attached hydrogens (tertiary/aromatic N) is 3. The maximum absolute atomic E-state index is 12.9. The largest absolute Gasteiger partial charge is 0.494 e. The van der Waals surface area contributed by atoms with E-state index in [1.165, 1.54) is 23.3 Å². The zero-order valence-electron chi connectivity index (χ0n) is 15.5. The molecule has 8 nitrogen and oxygen atoms in total. The number of amides is 1. The van der Waals surface area contributed by atoms with E-state index in [1.54, 1.807) is 7.11 Å². The van der Waals surface area contributed by atoms with Crippen molar-refractivity contribution in [2.75, 3.05) is 45.0 Å². The van der Waals surface area contributed by atoms with Crippen molar-refractivity contribution in [2.24, 2.45) is 0 Å². The first-order valence-electron chi connectivity index (χ1n) is 8.56. The monoisotopic (exact) mass is 413 g/mol. The average molecular weight is 414 g/mol. The lowest BCUT2D eigenvalue weighted by Gasteiger charge is -2.25. The number of carbonyl (C=O) groups excluding carboxylic acids is 1. The molecule has 1 aromatic carbocycles. The lowest BCUT2D eigenvalue weighted by molar-refractivity contribution is -0.119. The summed E-state index contributed by atoms with van der Waals surface area (Å²) < 4.78 is 36.3. The van der Waals surface area contributed by atoms with Gasteiger partial charge in [-0.3, -0.25) is 9.69 Å². The minimum atomic E-state index is -3.46. The Kier molecular flexibility index (Phi) is 5.99. The smallest absolute Gasteiger partial charge is 0.244 e. The molecular weight excluding hydrogens is 390 g/mol. The summed E-state index contributed by atoms with van der Waals surface area (Å²) in [4.78, 5) is 19.0. The molecule has 1 aromatic heterocycles. The Bertz CT molecular complexity index is 922. The van der Waals surface area contributed by atoms with Crippen molar-refractivity contribution in [3.63, 3.8) is 0 Å². The first-order chi connectivity index (χ1) is 12.8. The molecule has 27 heavy (non-hydrogen) atoms. The lowest BCUT2D eigenvalue weighted by atomic mass is 10.2. The van der Waals surface area contributed by atoms with E-state index in [-0.39, 0.29) is 18.6 Å². The first kappa shape index (κ1) is 20.0. The second kappa shape index (κ2) is 8.09. The van der Waals surface area contributed by atoms with Gasteiger partial charge in [0.15, 0.2) is 5.13 Å². The Labute approximate surface area is 162 Å². The standard InChI is InChI=1S/C17H23N3O5S2/c1-19(27(3,22)23)11-15(21)20(10-12-6-5-9-25-12)17-18-16-13(24-2)7-4-8-14(16)26-17/h4,7-8,12H,5-6,9-11H2,1-3H3. The zero-order valence-corrected chi connectivity index (χ0v) is 17.2. The molecule has 0 radical (unpaired) electrons. The van der Waals surface area contributed by atoms with E-state index >= 15 is 0 Å². The van der Waals surface area contributed by atoms with Gasteiger partial charge in [-0.05, 0) is 25.0 Å². The number of anilines is 1. The molecule has 0 bridgehead atoms. The Hall–Kier alpha value is -1.75. The first-order valence-corrected chi connectivity index (χ1v) is 11.2. The van der Waals surface area contributed by atoms with Crippen LogP contribution in [0.3, 0.4) is 0 Å². The lowest BCUT2D eigenvalue weighted by Crippen LogP contribution is -2.44. The summed E-state index contributed by atoms with van der Waals surface area (Å²) >= 11 is 1.37. The predicted molar refractivity (Wildman–Crippen MR) is 105 cm³/mol. The Balaban J connectivity index is 1.92.